The van der Waals surface area contributed by atoms with Gasteiger partial charge in [0.2, 0.25) is 5.91 Å². The number of benzene rings is 1. The highest BCUT2D eigenvalue weighted by atomic mass is 32.1. The van der Waals surface area contributed by atoms with Gasteiger partial charge in [0.25, 0.3) is 5.56 Å². The van der Waals surface area contributed by atoms with E-state index in [2.05, 4.69) is 10.3 Å². The van der Waals surface area contributed by atoms with Crippen LogP contribution in [-0.2, 0) is 4.79 Å². The fourth-order valence-corrected chi connectivity index (χ4v) is 3.76. The molecule has 3 rings (SSSR count). The number of nitrogens with zero attached hydrogens (tertiary/aromatic N) is 2. The molecular formula is C19H21N3O2S. The molecule has 25 heavy (non-hydrogen) atoms. The average Bonchev–Trinajstić information content (AvgIpc) is 2.87. The Hall–Kier alpha value is -2.47. The zero-order chi connectivity index (χ0) is 18.3. The summed E-state index contributed by atoms with van der Waals surface area (Å²) in [6, 6.07) is 5.12. The molecule has 2 aromatic heterocycles. The lowest BCUT2D eigenvalue weighted by Gasteiger charge is -2.16. The largest absolute Gasteiger partial charge is 0.324 e. The summed E-state index contributed by atoms with van der Waals surface area (Å²) >= 11 is 1.50. The molecule has 1 aromatic carbocycles. The van der Waals surface area contributed by atoms with Crippen molar-refractivity contribution in [2.45, 2.75) is 40.7 Å². The van der Waals surface area contributed by atoms with Crippen LogP contribution in [0.1, 0.15) is 34.5 Å². The predicted octanol–water partition coefficient (Wildman–Crippen LogP) is 3.89. The first-order valence-electron chi connectivity index (χ1n) is 8.15. The Morgan fingerprint density at radius 3 is 2.64 bits per heavy atom. The van der Waals surface area contributed by atoms with Gasteiger partial charge in [-0.15, -0.1) is 11.3 Å². The standard InChI is InChI=1S/C19H21N3O2S/c1-10-7-6-8-15(11(10)2)21-17(23)13(4)22-9-20-18-16(19(22)24)12(3)14(5)25-18/h6-9,13H,1-5H3,(H,21,23)/t13-/m1/s1. The van der Waals surface area contributed by atoms with E-state index in [1.54, 1.807) is 6.92 Å². The van der Waals surface area contributed by atoms with E-state index in [0.29, 0.717) is 5.39 Å². The molecule has 0 aliphatic rings. The van der Waals surface area contributed by atoms with Gasteiger partial charge in [0, 0.05) is 10.6 Å². The van der Waals surface area contributed by atoms with E-state index in [1.165, 1.54) is 22.2 Å². The lowest BCUT2D eigenvalue weighted by atomic mass is 10.1. The first-order chi connectivity index (χ1) is 11.8. The van der Waals surface area contributed by atoms with Gasteiger partial charge in [-0.1, -0.05) is 12.1 Å². The number of carbonyl (C=O) groups excluding carboxylic acids is 1. The molecule has 0 aliphatic carbocycles. The van der Waals surface area contributed by atoms with Crippen LogP contribution in [0, 0.1) is 27.7 Å². The molecule has 0 fully saturated rings. The fourth-order valence-electron chi connectivity index (χ4n) is 2.77. The SMILES string of the molecule is Cc1cccc(NC(=O)[C@@H](C)n2cnc3sc(C)c(C)c3c2=O)c1C. The topological polar surface area (TPSA) is 64.0 Å². The maximum atomic E-state index is 12.8. The van der Waals surface area contributed by atoms with Gasteiger partial charge in [-0.05, 0) is 57.4 Å². The van der Waals surface area contributed by atoms with Crippen molar-refractivity contribution in [1.82, 2.24) is 9.55 Å². The zero-order valence-corrected chi connectivity index (χ0v) is 15.8. The number of thiophene rings is 1. The number of hydrogen-bond donors (Lipinski definition) is 1. The summed E-state index contributed by atoms with van der Waals surface area (Å²) in [5.74, 6) is -0.235. The lowest BCUT2D eigenvalue weighted by molar-refractivity contribution is -0.118. The van der Waals surface area contributed by atoms with E-state index in [1.807, 2.05) is 45.9 Å². The summed E-state index contributed by atoms with van der Waals surface area (Å²) in [6.45, 7) is 9.57. The van der Waals surface area contributed by atoms with Gasteiger partial charge >= 0.3 is 0 Å². The molecule has 0 saturated carbocycles. The Morgan fingerprint density at radius 2 is 1.92 bits per heavy atom. The monoisotopic (exact) mass is 355 g/mol. The second-order valence-corrected chi connectivity index (χ2v) is 7.54. The van der Waals surface area contributed by atoms with Crippen molar-refractivity contribution in [3.8, 4) is 0 Å². The minimum absolute atomic E-state index is 0.171. The Balaban J connectivity index is 1.96. The normalized spacial score (nSPS) is 12.4. The average molecular weight is 355 g/mol. The Bertz CT molecular complexity index is 1030. The summed E-state index contributed by atoms with van der Waals surface area (Å²) in [7, 11) is 0. The van der Waals surface area contributed by atoms with Crippen LogP contribution in [-0.4, -0.2) is 15.5 Å². The fraction of sp³-hybridized carbons (Fsp3) is 0.316. The van der Waals surface area contributed by atoms with Crippen LogP contribution < -0.4 is 10.9 Å². The third-order valence-electron chi connectivity index (χ3n) is 4.77. The van der Waals surface area contributed by atoms with Crippen molar-refractivity contribution >= 4 is 33.1 Å². The number of aromatic nitrogens is 2. The van der Waals surface area contributed by atoms with Crippen LogP contribution in [0.15, 0.2) is 29.3 Å². The van der Waals surface area contributed by atoms with Crippen molar-refractivity contribution in [2.75, 3.05) is 5.32 Å². The van der Waals surface area contributed by atoms with Gasteiger partial charge in [-0.3, -0.25) is 14.2 Å². The van der Waals surface area contributed by atoms with Crippen LogP contribution in [0.25, 0.3) is 10.2 Å². The molecule has 1 N–H and O–H groups in total. The highest BCUT2D eigenvalue weighted by Crippen LogP contribution is 2.26. The summed E-state index contributed by atoms with van der Waals surface area (Å²) < 4.78 is 1.40. The quantitative estimate of drug-likeness (QED) is 0.775. The van der Waals surface area contributed by atoms with Crippen molar-refractivity contribution < 1.29 is 4.79 Å². The molecule has 3 aromatic rings. The summed E-state index contributed by atoms with van der Waals surface area (Å²) in [5, 5.41) is 3.53. The van der Waals surface area contributed by atoms with Gasteiger partial charge in [0.05, 0.1) is 11.7 Å². The van der Waals surface area contributed by atoms with E-state index in [-0.39, 0.29) is 11.5 Å². The van der Waals surface area contributed by atoms with E-state index in [9.17, 15) is 9.59 Å². The van der Waals surface area contributed by atoms with E-state index in [0.717, 1.165) is 32.1 Å². The number of carbonyl (C=O) groups is 1. The molecule has 0 unspecified atom stereocenters. The number of anilines is 1. The van der Waals surface area contributed by atoms with Crippen molar-refractivity contribution in [1.29, 1.82) is 0 Å². The molecule has 0 aliphatic heterocycles. The number of aryl methyl sites for hydroxylation is 3. The molecular weight excluding hydrogens is 334 g/mol. The van der Waals surface area contributed by atoms with Crippen LogP contribution in [0.5, 0.6) is 0 Å². The summed E-state index contributed by atoms with van der Waals surface area (Å²) in [6.07, 6.45) is 1.47. The van der Waals surface area contributed by atoms with E-state index in [4.69, 9.17) is 0 Å². The third-order valence-corrected chi connectivity index (χ3v) is 5.89. The van der Waals surface area contributed by atoms with E-state index >= 15 is 0 Å². The maximum absolute atomic E-state index is 12.8. The predicted molar refractivity (Wildman–Crippen MR) is 103 cm³/mol. The molecule has 0 bridgehead atoms. The minimum Gasteiger partial charge on any atom is -0.324 e. The molecule has 1 atom stereocenters. The first kappa shape index (κ1) is 17.4. The highest BCUT2D eigenvalue weighted by molar-refractivity contribution is 7.18. The Morgan fingerprint density at radius 1 is 1.20 bits per heavy atom. The van der Waals surface area contributed by atoms with Crippen molar-refractivity contribution in [3.05, 3.63) is 56.4 Å². The van der Waals surface area contributed by atoms with Crippen LogP contribution in [0.2, 0.25) is 0 Å². The molecule has 0 spiro atoms. The molecule has 5 nitrogen and oxygen atoms in total. The lowest BCUT2D eigenvalue weighted by Crippen LogP contribution is -2.32. The number of nitrogens with one attached hydrogen (secondary N) is 1. The first-order valence-corrected chi connectivity index (χ1v) is 8.96. The molecule has 1 amide bonds. The smallest absolute Gasteiger partial charge is 0.263 e. The molecule has 130 valence electrons. The molecule has 0 radical (unpaired) electrons. The second-order valence-electron chi connectivity index (χ2n) is 6.33. The number of amides is 1. The molecule has 2 heterocycles. The summed E-state index contributed by atoms with van der Waals surface area (Å²) in [4.78, 5) is 31.7. The number of hydrogen-bond acceptors (Lipinski definition) is 4. The van der Waals surface area contributed by atoms with Gasteiger partial charge in [0.15, 0.2) is 0 Å². The molecule has 0 saturated heterocycles. The van der Waals surface area contributed by atoms with E-state index < -0.39 is 6.04 Å². The van der Waals surface area contributed by atoms with Crippen LogP contribution in [0.4, 0.5) is 5.69 Å². The Labute approximate surface area is 150 Å². The highest BCUT2D eigenvalue weighted by Gasteiger charge is 2.20. The maximum Gasteiger partial charge on any atom is 0.263 e. The second kappa shape index (κ2) is 6.44. The Kier molecular flexibility index (Phi) is 4.47. The number of fused-ring (bicyclic) bond motifs is 1. The van der Waals surface area contributed by atoms with Gasteiger partial charge in [-0.2, -0.15) is 0 Å². The number of rotatable bonds is 3. The van der Waals surface area contributed by atoms with Gasteiger partial charge in [0.1, 0.15) is 10.9 Å². The van der Waals surface area contributed by atoms with Crippen molar-refractivity contribution in [3.63, 3.8) is 0 Å². The van der Waals surface area contributed by atoms with Gasteiger partial charge in [-0.25, -0.2) is 4.98 Å². The molecule has 6 heteroatoms. The van der Waals surface area contributed by atoms with Crippen molar-refractivity contribution in [2.24, 2.45) is 0 Å². The van der Waals surface area contributed by atoms with Crippen LogP contribution >= 0.6 is 11.3 Å². The third kappa shape index (κ3) is 2.98. The van der Waals surface area contributed by atoms with Crippen LogP contribution in [0.3, 0.4) is 0 Å². The zero-order valence-electron chi connectivity index (χ0n) is 15.0. The summed E-state index contributed by atoms with van der Waals surface area (Å²) in [5.41, 5.74) is 3.66. The minimum atomic E-state index is -0.649. The van der Waals surface area contributed by atoms with Gasteiger partial charge < -0.3 is 5.32 Å².